The van der Waals surface area contributed by atoms with Crippen molar-refractivity contribution in [3.63, 3.8) is 0 Å². The minimum atomic E-state index is -0.286. The van der Waals surface area contributed by atoms with E-state index in [2.05, 4.69) is 11.4 Å². The molecule has 0 aliphatic heterocycles. The Morgan fingerprint density at radius 1 is 1.36 bits per heavy atom. The predicted octanol–water partition coefficient (Wildman–Crippen LogP) is 3.63. The van der Waals surface area contributed by atoms with Gasteiger partial charge in [0.2, 0.25) is 0 Å². The van der Waals surface area contributed by atoms with Gasteiger partial charge >= 0.3 is 0 Å². The molecule has 1 unspecified atom stereocenters. The van der Waals surface area contributed by atoms with Crippen molar-refractivity contribution in [3.05, 3.63) is 27.7 Å². The van der Waals surface area contributed by atoms with Crippen LogP contribution in [0.3, 0.4) is 0 Å². The van der Waals surface area contributed by atoms with Crippen LogP contribution in [-0.4, -0.2) is 6.04 Å². The zero-order valence-corrected chi connectivity index (χ0v) is 9.45. The molecule has 1 atom stereocenters. The van der Waals surface area contributed by atoms with Crippen LogP contribution in [-0.2, 0) is 0 Å². The summed E-state index contributed by atoms with van der Waals surface area (Å²) in [5.41, 5.74) is 1.61. The lowest BCUT2D eigenvalue weighted by Crippen LogP contribution is -2.12. The van der Waals surface area contributed by atoms with E-state index in [1.54, 1.807) is 19.1 Å². The summed E-state index contributed by atoms with van der Waals surface area (Å²) in [5, 5.41) is 12.8. The maximum atomic E-state index is 8.62. The van der Waals surface area contributed by atoms with Gasteiger partial charge in [-0.15, -0.1) is 0 Å². The third-order valence-corrected chi connectivity index (χ3v) is 2.53. The average Bonchev–Trinajstić information content (AvgIpc) is 2.14. The first-order valence-corrected chi connectivity index (χ1v) is 4.92. The molecular weight excluding hydrogens is 219 g/mol. The fraction of sp³-hybridized carbons (Fsp3) is 0.300. The largest absolute Gasteiger partial charge is 0.369 e. The Balaban J connectivity index is 2.99. The van der Waals surface area contributed by atoms with Crippen LogP contribution < -0.4 is 5.32 Å². The molecule has 0 fully saturated rings. The Bertz CT molecular complexity index is 382. The lowest BCUT2D eigenvalue weighted by atomic mass is 10.2. The summed E-state index contributed by atoms with van der Waals surface area (Å²) in [5.74, 6) is 0. The predicted molar refractivity (Wildman–Crippen MR) is 59.9 cm³/mol. The third-order valence-electron chi connectivity index (χ3n) is 1.81. The normalized spacial score (nSPS) is 11.9. The molecule has 0 radical (unpaired) electrons. The zero-order valence-electron chi connectivity index (χ0n) is 7.94. The van der Waals surface area contributed by atoms with E-state index in [0.29, 0.717) is 15.7 Å². The number of hydrogen-bond donors (Lipinski definition) is 1. The summed E-state index contributed by atoms with van der Waals surface area (Å²) < 4.78 is 0. The Kier molecular flexibility index (Phi) is 3.62. The zero-order chi connectivity index (χ0) is 10.7. The van der Waals surface area contributed by atoms with Crippen LogP contribution in [0.4, 0.5) is 5.69 Å². The number of aryl methyl sites for hydroxylation is 1. The third kappa shape index (κ3) is 2.54. The van der Waals surface area contributed by atoms with E-state index in [4.69, 9.17) is 28.5 Å². The molecule has 1 aromatic carbocycles. The van der Waals surface area contributed by atoms with Crippen molar-refractivity contribution in [2.45, 2.75) is 19.9 Å². The molecule has 0 aliphatic rings. The van der Waals surface area contributed by atoms with E-state index in [9.17, 15) is 0 Å². The van der Waals surface area contributed by atoms with Crippen molar-refractivity contribution in [2.24, 2.45) is 0 Å². The summed E-state index contributed by atoms with van der Waals surface area (Å²) in [6.07, 6.45) is 0. The number of nitrogens with one attached hydrogen (secondary N) is 1. The molecule has 0 aromatic heterocycles. The Labute approximate surface area is 93.4 Å². The first kappa shape index (κ1) is 11.2. The molecule has 74 valence electrons. The number of rotatable bonds is 2. The van der Waals surface area contributed by atoms with Crippen molar-refractivity contribution < 1.29 is 0 Å². The molecule has 1 rings (SSSR count). The van der Waals surface area contributed by atoms with Crippen LogP contribution in [0.15, 0.2) is 12.1 Å². The van der Waals surface area contributed by atoms with Gasteiger partial charge in [-0.1, -0.05) is 23.2 Å². The van der Waals surface area contributed by atoms with Crippen molar-refractivity contribution in [3.8, 4) is 6.07 Å². The summed E-state index contributed by atoms with van der Waals surface area (Å²) in [7, 11) is 0. The number of benzene rings is 1. The maximum Gasteiger partial charge on any atom is 0.111 e. The molecule has 14 heavy (non-hydrogen) atoms. The Hall–Kier alpha value is -0.910. The minimum absolute atomic E-state index is 0.286. The van der Waals surface area contributed by atoms with Crippen LogP contribution in [0.25, 0.3) is 0 Å². The van der Waals surface area contributed by atoms with Crippen molar-refractivity contribution in [1.29, 1.82) is 5.26 Å². The van der Waals surface area contributed by atoms with Gasteiger partial charge in [-0.05, 0) is 31.5 Å². The standard InChI is InChI=1S/C10H10Cl2N2/c1-6-3-9(12)10(4-8(6)11)14-7(2)5-13/h3-4,7,14H,1-2H3. The molecule has 0 spiro atoms. The first-order chi connectivity index (χ1) is 6.54. The molecule has 0 saturated carbocycles. The van der Waals surface area contributed by atoms with Gasteiger partial charge in [0.1, 0.15) is 6.04 Å². The van der Waals surface area contributed by atoms with E-state index in [1.807, 2.05) is 6.92 Å². The van der Waals surface area contributed by atoms with Gasteiger partial charge in [0.15, 0.2) is 0 Å². The molecule has 0 amide bonds. The Morgan fingerprint density at radius 3 is 2.57 bits per heavy atom. The second-order valence-electron chi connectivity index (χ2n) is 3.08. The highest BCUT2D eigenvalue weighted by molar-refractivity contribution is 6.35. The van der Waals surface area contributed by atoms with E-state index >= 15 is 0 Å². The lowest BCUT2D eigenvalue weighted by Gasteiger charge is -2.11. The summed E-state index contributed by atoms with van der Waals surface area (Å²) >= 11 is 11.9. The number of nitrogens with zero attached hydrogens (tertiary/aromatic N) is 1. The van der Waals surface area contributed by atoms with Gasteiger partial charge in [0.05, 0.1) is 16.8 Å². The van der Waals surface area contributed by atoms with Crippen LogP contribution in [0.5, 0.6) is 0 Å². The van der Waals surface area contributed by atoms with Gasteiger partial charge in [-0.25, -0.2) is 0 Å². The number of anilines is 1. The van der Waals surface area contributed by atoms with Crippen molar-refractivity contribution >= 4 is 28.9 Å². The Morgan fingerprint density at radius 2 is 2.00 bits per heavy atom. The number of halogens is 2. The second kappa shape index (κ2) is 4.54. The van der Waals surface area contributed by atoms with Gasteiger partial charge in [0, 0.05) is 5.02 Å². The maximum absolute atomic E-state index is 8.62. The highest BCUT2D eigenvalue weighted by Gasteiger charge is 2.06. The number of hydrogen-bond acceptors (Lipinski definition) is 2. The highest BCUT2D eigenvalue weighted by atomic mass is 35.5. The topological polar surface area (TPSA) is 35.8 Å². The van der Waals surface area contributed by atoms with E-state index < -0.39 is 0 Å². The second-order valence-corrected chi connectivity index (χ2v) is 3.89. The quantitative estimate of drug-likeness (QED) is 0.840. The number of nitriles is 1. The molecule has 1 N–H and O–H groups in total. The molecule has 0 saturated heterocycles. The van der Waals surface area contributed by atoms with Gasteiger partial charge in [0.25, 0.3) is 0 Å². The molecule has 0 aliphatic carbocycles. The molecule has 0 heterocycles. The van der Waals surface area contributed by atoms with Crippen molar-refractivity contribution in [1.82, 2.24) is 0 Å². The van der Waals surface area contributed by atoms with Gasteiger partial charge < -0.3 is 5.32 Å². The highest BCUT2D eigenvalue weighted by Crippen LogP contribution is 2.29. The molecule has 1 aromatic rings. The van der Waals surface area contributed by atoms with E-state index in [0.717, 1.165) is 5.56 Å². The average molecular weight is 229 g/mol. The smallest absolute Gasteiger partial charge is 0.111 e. The SMILES string of the molecule is Cc1cc(Cl)c(NC(C)C#N)cc1Cl. The fourth-order valence-electron chi connectivity index (χ4n) is 1.02. The van der Waals surface area contributed by atoms with Crippen LogP contribution >= 0.6 is 23.2 Å². The molecule has 2 nitrogen and oxygen atoms in total. The summed E-state index contributed by atoms with van der Waals surface area (Å²) in [4.78, 5) is 0. The van der Waals surface area contributed by atoms with Crippen LogP contribution in [0, 0.1) is 18.3 Å². The van der Waals surface area contributed by atoms with E-state index in [1.165, 1.54) is 0 Å². The summed E-state index contributed by atoms with van der Waals surface area (Å²) in [6.45, 7) is 3.63. The molecule has 4 heteroatoms. The van der Waals surface area contributed by atoms with Gasteiger partial charge in [-0.3, -0.25) is 0 Å². The fourth-order valence-corrected chi connectivity index (χ4v) is 1.46. The minimum Gasteiger partial charge on any atom is -0.369 e. The van der Waals surface area contributed by atoms with Crippen molar-refractivity contribution in [2.75, 3.05) is 5.32 Å². The lowest BCUT2D eigenvalue weighted by molar-refractivity contribution is 1.01. The summed E-state index contributed by atoms with van der Waals surface area (Å²) in [6, 6.07) is 5.28. The monoisotopic (exact) mass is 228 g/mol. The van der Waals surface area contributed by atoms with Crippen LogP contribution in [0.2, 0.25) is 10.0 Å². The van der Waals surface area contributed by atoms with Crippen LogP contribution in [0.1, 0.15) is 12.5 Å². The first-order valence-electron chi connectivity index (χ1n) is 4.16. The molecular formula is C10H10Cl2N2. The van der Waals surface area contributed by atoms with Gasteiger partial charge in [-0.2, -0.15) is 5.26 Å². The molecule has 0 bridgehead atoms. The van der Waals surface area contributed by atoms with E-state index in [-0.39, 0.29) is 6.04 Å².